The van der Waals surface area contributed by atoms with Crippen LogP contribution in [0.25, 0.3) is 0 Å². The molecule has 16 heavy (non-hydrogen) atoms. The molecule has 0 aliphatic rings. The van der Waals surface area contributed by atoms with Gasteiger partial charge in [0.1, 0.15) is 0 Å². The number of carbonyl (C=O) groups is 1. The van der Waals surface area contributed by atoms with Crippen LogP contribution in [0.4, 0.5) is 0 Å². The summed E-state index contributed by atoms with van der Waals surface area (Å²) in [6, 6.07) is 5.67. The highest BCUT2D eigenvalue weighted by Gasteiger charge is 2.15. The molecule has 3 nitrogen and oxygen atoms in total. The quantitative estimate of drug-likeness (QED) is 0.792. The molecule has 0 heterocycles. The first kappa shape index (κ1) is 13.9. The molecule has 0 saturated carbocycles. The number of likely N-dealkylation sites (N-methyl/N-ethyl adjacent to an activating group) is 2. The fraction of sp³-hybridized carbons (Fsp3) is 0.364. The molecule has 0 unspecified atom stereocenters. The van der Waals surface area contributed by atoms with Gasteiger partial charge in [-0.2, -0.15) is 0 Å². The lowest BCUT2D eigenvalue weighted by atomic mass is 10.2. The van der Waals surface area contributed by atoms with Gasteiger partial charge >= 0.3 is 0 Å². The van der Waals surface area contributed by atoms with Crippen LogP contribution in [-0.2, 0) is 0 Å². The third-order valence-corrected chi connectivity index (χ3v) is 4.79. The largest absolute Gasteiger partial charge is 0.340 e. The van der Waals surface area contributed by atoms with Crippen molar-refractivity contribution in [3.8, 4) is 0 Å². The van der Waals surface area contributed by atoms with Gasteiger partial charge in [0.05, 0.1) is 5.56 Å². The van der Waals surface area contributed by atoms with Crippen molar-refractivity contribution in [1.29, 1.82) is 0 Å². The van der Waals surface area contributed by atoms with Gasteiger partial charge in [-0.3, -0.25) is 4.79 Å². The molecule has 1 amide bonds. The summed E-state index contributed by atoms with van der Waals surface area (Å²) in [5.41, 5.74) is 0.744. The first-order valence-corrected chi connectivity index (χ1v) is 6.79. The lowest BCUT2D eigenvalue weighted by molar-refractivity contribution is 0.0795. The van der Waals surface area contributed by atoms with Gasteiger partial charge in [0.15, 0.2) is 0 Å². The molecule has 88 valence electrons. The molecule has 0 saturated heterocycles. The number of carbonyl (C=O) groups excluding carboxylic acids is 1. The Balaban J connectivity index is 2.84. The van der Waals surface area contributed by atoms with E-state index in [0.29, 0.717) is 6.54 Å². The Labute approximate surface area is 118 Å². The molecule has 0 fully saturated rings. The normalized spacial score (nSPS) is 10.2. The number of rotatable bonds is 4. The molecular formula is C11H14BrIN2O. The van der Waals surface area contributed by atoms with Gasteiger partial charge in [-0.15, -0.1) is 0 Å². The second-order valence-electron chi connectivity index (χ2n) is 3.43. The molecule has 0 aliphatic heterocycles. The summed E-state index contributed by atoms with van der Waals surface area (Å²) in [6.07, 6.45) is 0. The molecule has 0 atom stereocenters. The van der Waals surface area contributed by atoms with E-state index in [2.05, 4.69) is 43.8 Å². The molecule has 0 aromatic heterocycles. The lowest BCUT2D eigenvalue weighted by Gasteiger charge is -2.18. The van der Waals surface area contributed by atoms with Crippen LogP contribution >= 0.6 is 38.5 Å². The second-order valence-corrected chi connectivity index (χ2v) is 5.36. The lowest BCUT2D eigenvalue weighted by Crippen LogP contribution is -2.33. The molecule has 0 radical (unpaired) electrons. The zero-order valence-electron chi connectivity index (χ0n) is 9.26. The van der Waals surface area contributed by atoms with Crippen LogP contribution in [0.1, 0.15) is 10.4 Å². The molecule has 5 heteroatoms. The number of halogens is 2. The molecule has 1 N–H and O–H groups in total. The van der Waals surface area contributed by atoms with Crippen LogP contribution in [0, 0.1) is 3.57 Å². The van der Waals surface area contributed by atoms with Crippen molar-refractivity contribution >= 4 is 44.4 Å². The highest BCUT2D eigenvalue weighted by Crippen LogP contribution is 2.23. The van der Waals surface area contributed by atoms with Crippen molar-refractivity contribution < 1.29 is 4.79 Å². The standard InChI is InChI=1S/C11H14BrIN2O/c1-14-6-7-15(2)11(16)8-4-3-5-9(12)10(8)13/h3-5,14H,6-7H2,1-2H3. The van der Waals surface area contributed by atoms with Gasteiger partial charge in [-0.1, -0.05) is 6.07 Å². The summed E-state index contributed by atoms with van der Waals surface area (Å²) < 4.78 is 1.92. The van der Waals surface area contributed by atoms with E-state index in [-0.39, 0.29) is 5.91 Å². The smallest absolute Gasteiger partial charge is 0.254 e. The molecule has 0 bridgehead atoms. The fourth-order valence-electron chi connectivity index (χ4n) is 1.26. The Morgan fingerprint density at radius 2 is 2.25 bits per heavy atom. The van der Waals surface area contributed by atoms with Crippen molar-refractivity contribution in [2.24, 2.45) is 0 Å². The SMILES string of the molecule is CNCCN(C)C(=O)c1cccc(Br)c1I. The summed E-state index contributed by atoms with van der Waals surface area (Å²) in [7, 11) is 3.69. The average Bonchev–Trinajstić information content (AvgIpc) is 2.28. The van der Waals surface area contributed by atoms with E-state index in [9.17, 15) is 4.79 Å². The first-order valence-electron chi connectivity index (χ1n) is 4.92. The van der Waals surface area contributed by atoms with Gasteiger partial charge in [0, 0.05) is 28.2 Å². The van der Waals surface area contributed by atoms with Crippen LogP contribution in [0.5, 0.6) is 0 Å². The number of amides is 1. The molecule has 0 aliphatic carbocycles. The van der Waals surface area contributed by atoms with E-state index in [4.69, 9.17) is 0 Å². The topological polar surface area (TPSA) is 32.3 Å². The van der Waals surface area contributed by atoms with Gasteiger partial charge in [0.25, 0.3) is 5.91 Å². The Morgan fingerprint density at radius 3 is 2.88 bits per heavy atom. The van der Waals surface area contributed by atoms with Crippen LogP contribution in [-0.4, -0.2) is 38.0 Å². The van der Waals surface area contributed by atoms with Gasteiger partial charge in [0.2, 0.25) is 0 Å². The maximum absolute atomic E-state index is 12.1. The molecule has 1 rings (SSSR count). The number of hydrogen-bond donors (Lipinski definition) is 1. The number of nitrogens with one attached hydrogen (secondary N) is 1. The molecule has 1 aromatic carbocycles. The van der Waals surface area contributed by atoms with Crippen LogP contribution in [0.15, 0.2) is 22.7 Å². The highest BCUT2D eigenvalue weighted by molar-refractivity contribution is 14.1. The Hall–Kier alpha value is -0.140. The predicted molar refractivity (Wildman–Crippen MR) is 77.7 cm³/mol. The average molecular weight is 397 g/mol. The first-order chi connectivity index (χ1) is 7.57. The van der Waals surface area contributed by atoms with Crippen molar-refractivity contribution in [3.63, 3.8) is 0 Å². The van der Waals surface area contributed by atoms with Gasteiger partial charge in [-0.25, -0.2) is 0 Å². The maximum Gasteiger partial charge on any atom is 0.254 e. The van der Waals surface area contributed by atoms with Gasteiger partial charge in [-0.05, 0) is 57.7 Å². The van der Waals surface area contributed by atoms with Crippen LogP contribution < -0.4 is 5.32 Å². The summed E-state index contributed by atoms with van der Waals surface area (Å²) in [4.78, 5) is 13.8. The van der Waals surface area contributed by atoms with E-state index in [0.717, 1.165) is 20.2 Å². The third-order valence-electron chi connectivity index (χ3n) is 2.23. The summed E-state index contributed by atoms with van der Waals surface area (Å²) in [5.74, 6) is 0.0564. The number of benzene rings is 1. The van der Waals surface area contributed by atoms with Gasteiger partial charge < -0.3 is 10.2 Å². The molecular weight excluding hydrogens is 383 g/mol. The Kier molecular flexibility index (Phi) is 5.71. The Bertz CT molecular complexity index is 384. The van der Waals surface area contributed by atoms with E-state index in [1.54, 1.807) is 4.90 Å². The maximum atomic E-state index is 12.1. The van der Waals surface area contributed by atoms with Crippen molar-refractivity contribution in [3.05, 3.63) is 31.8 Å². The van der Waals surface area contributed by atoms with Crippen molar-refractivity contribution in [2.45, 2.75) is 0 Å². The summed E-state index contributed by atoms with van der Waals surface area (Å²) in [5, 5.41) is 3.03. The predicted octanol–water partition coefficient (Wildman–Crippen LogP) is 2.35. The van der Waals surface area contributed by atoms with E-state index >= 15 is 0 Å². The van der Waals surface area contributed by atoms with Crippen LogP contribution in [0.3, 0.4) is 0 Å². The Morgan fingerprint density at radius 1 is 1.56 bits per heavy atom. The van der Waals surface area contributed by atoms with Crippen molar-refractivity contribution in [2.75, 3.05) is 27.2 Å². The fourth-order valence-corrected chi connectivity index (χ4v) is 2.21. The van der Waals surface area contributed by atoms with E-state index < -0.39 is 0 Å². The van der Waals surface area contributed by atoms with Crippen molar-refractivity contribution in [1.82, 2.24) is 10.2 Å². The minimum atomic E-state index is 0.0564. The number of nitrogens with zero attached hydrogens (tertiary/aromatic N) is 1. The monoisotopic (exact) mass is 396 g/mol. The summed E-state index contributed by atoms with van der Waals surface area (Å²) >= 11 is 5.61. The van der Waals surface area contributed by atoms with E-state index in [1.807, 2.05) is 32.3 Å². The van der Waals surface area contributed by atoms with Crippen LogP contribution in [0.2, 0.25) is 0 Å². The number of hydrogen-bond acceptors (Lipinski definition) is 2. The summed E-state index contributed by atoms with van der Waals surface area (Å²) in [6.45, 7) is 1.50. The van der Waals surface area contributed by atoms with E-state index in [1.165, 1.54) is 0 Å². The third kappa shape index (κ3) is 3.43. The second kappa shape index (κ2) is 6.56. The zero-order valence-corrected chi connectivity index (χ0v) is 13.0. The minimum absolute atomic E-state index is 0.0564. The molecule has 0 spiro atoms. The molecule has 1 aromatic rings. The highest BCUT2D eigenvalue weighted by atomic mass is 127. The zero-order chi connectivity index (χ0) is 12.1. The minimum Gasteiger partial charge on any atom is -0.340 e.